The second-order valence-electron chi connectivity index (χ2n) is 3.02. The lowest BCUT2D eigenvalue weighted by atomic mass is 10.2. The highest BCUT2D eigenvalue weighted by Gasteiger charge is 2.13. The first-order valence-corrected chi connectivity index (χ1v) is 4.16. The zero-order valence-corrected chi connectivity index (χ0v) is 6.53. The number of rotatable bonds is 2. The van der Waals surface area contributed by atoms with Gasteiger partial charge in [0.2, 0.25) is 0 Å². The Morgan fingerprint density at radius 3 is 3.27 bits per heavy atom. The van der Waals surface area contributed by atoms with Gasteiger partial charge >= 0.3 is 0 Å². The Labute approximate surface area is 66.4 Å². The van der Waals surface area contributed by atoms with E-state index in [9.17, 15) is 0 Å². The molecular formula is C8H13N3. The van der Waals surface area contributed by atoms with E-state index < -0.39 is 0 Å². The molecule has 1 saturated heterocycles. The molecule has 1 aromatic rings. The Hall–Kier alpha value is -0.830. The van der Waals surface area contributed by atoms with Gasteiger partial charge in [-0.15, -0.1) is 0 Å². The lowest BCUT2D eigenvalue weighted by molar-refractivity contribution is 0.476. The molecule has 0 aromatic carbocycles. The van der Waals surface area contributed by atoms with Gasteiger partial charge in [0.15, 0.2) is 0 Å². The fourth-order valence-electron chi connectivity index (χ4n) is 1.55. The molecule has 0 aliphatic carbocycles. The van der Waals surface area contributed by atoms with Crippen molar-refractivity contribution in [2.75, 3.05) is 6.54 Å². The van der Waals surface area contributed by atoms with Crippen molar-refractivity contribution in [1.82, 2.24) is 15.1 Å². The molecular weight excluding hydrogens is 138 g/mol. The molecule has 1 aromatic heterocycles. The fourth-order valence-corrected chi connectivity index (χ4v) is 1.55. The summed E-state index contributed by atoms with van der Waals surface area (Å²) in [6, 6.07) is 2.62. The summed E-state index contributed by atoms with van der Waals surface area (Å²) in [4.78, 5) is 0. The van der Waals surface area contributed by atoms with E-state index in [4.69, 9.17) is 0 Å². The molecule has 1 fully saturated rings. The number of nitrogens with zero attached hydrogens (tertiary/aromatic N) is 2. The molecule has 1 atom stereocenters. The van der Waals surface area contributed by atoms with E-state index >= 15 is 0 Å². The van der Waals surface area contributed by atoms with Crippen LogP contribution >= 0.6 is 0 Å². The van der Waals surface area contributed by atoms with Crippen molar-refractivity contribution in [1.29, 1.82) is 0 Å². The highest BCUT2D eigenvalue weighted by atomic mass is 15.3. The smallest absolute Gasteiger partial charge is 0.0562 e. The SMILES string of the molecule is c1cnn(C[C@@H]2CCCN2)c1. The summed E-state index contributed by atoms with van der Waals surface area (Å²) in [6.07, 6.45) is 6.45. The largest absolute Gasteiger partial charge is 0.312 e. The molecule has 1 N–H and O–H groups in total. The maximum atomic E-state index is 4.16. The van der Waals surface area contributed by atoms with E-state index in [-0.39, 0.29) is 0 Å². The minimum absolute atomic E-state index is 0.648. The van der Waals surface area contributed by atoms with E-state index in [1.807, 2.05) is 23.1 Å². The van der Waals surface area contributed by atoms with Gasteiger partial charge in [0.1, 0.15) is 0 Å². The topological polar surface area (TPSA) is 29.9 Å². The van der Waals surface area contributed by atoms with Crippen LogP contribution in [0.3, 0.4) is 0 Å². The molecule has 0 radical (unpaired) electrons. The van der Waals surface area contributed by atoms with Crippen molar-refractivity contribution in [2.24, 2.45) is 0 Å². The summed E-state index contributed by atoms with van der Waals surface area (Å²) in [5.74, 6) is 0. The van der Waals surface area contributed by atoms with Gasteiger partial charge in [0.05, 0.1) is 6.54 Å². The van der Waals surface area contributed by atoms with Crippen LogP contribution in [-0.2, 0) is 6.54 Å². The maximum Gasteiger partial charge on any atom is 0.0562 e. The zero-order valence-electron chi connectivity index (χ0n) is 6.53. The molecule has 0 bridgehead atoms. The second-order valence-corrected chi connectivity index (χ2v) is 3.02. The van der Waals surface area contributed by atoms with Crippen LogP contribution in [0, 0.1) is 0 Å². The average molecular weight is 151 g/mol. The molecule has 1 aliphatic rings. The predicted molar refractivity (Wildman–Crippen MR) is 43.3 cm³/mol. The third-order valence-electron chi connectivity index (χ3n) is 2.13. The quantitative estimate of drug-likeness (QED) is 0.672. The van der Waals surface area contributed by atoms with E-state index in [1.54, 1.807) is 0 Å². The fraction of sp³-hybridized carbons (Fsp3) is 0.625. The summed E-state index contributed by atoms with van der Waals surface area (Å²) < 4.78 is 1.99. The lowest BCUT2D eigenvalue weighted by Crippen LogP contribution is -2.26. The van der Waals surface area contributed by atoms with Gasteiger partial charge in [-0.25, -0.2) is 0 Å². The molecule has 2 heterocycles. The third-order valence-corrected chi connectivity index (χ3v) is 2.13. The normalized spacial score (nSPS) is 24.2. The summed E-state index contributed by atoms with van der Waals surface area (Å²) in [5.41, 5.74) is 0. The van der Waals surface area contributed by atoms with E-state index in [0.29, 0.717) is 6.04 Å². The van der Waals surface area contributed by atoms with Crippen LogP contribution in [0.15, 0.2) is 18.5 Å². The number of aromatic nitrogens is 2. The Kier molecular flexibility index (Phi) is 1.90. The molecule has 60 valence electrons. The Morgan fingerprint density at radius 1 is 1.64 bits per heavy atom. The monoisotopic (exact) mass is 151 g/mol. The lowest BCUT2D eigenvalue weighted by Gasteiger charge is -2.08. The van der Waals surface area contributed by atoms with E-state index in [1.165, 1.54) is 19.4 Å². The highest BCUT2D eigenvalue weighted by molar-refractivity contribution is 4.81. The first kappa shape index (κ1) is 6.85. The molecule has 3 heteroatoms. The highest BCUT2D eigenvalue weighted by Crippen LogP contribution is 2.06. The molecule has 0 unspecified atom stereocenters. The summed E-state index contributed by atoms with van der Waals surface area (Å²) in [5, 5.41) is 7.59. The number of hydrogen-bond acceptors (Lipinski definition) is 2. The number of nitrogens with one attached hydrogen (secondary N) is 1. The van der Waals surface area contributed by atoms with Gasteiger partial charge in [-0.3, -0.25) is 4.68 Å². The first-order chi connectivity index (χ1) is 5.45. The van der Waals surface area contributed by atoms with E-state index in [0.717, 1.165) is 6.54 Å². The average Bonchev–Trinajstić information content (AvgIpc) is 2.60. The van der Waals surface area contributed by atoms with Crippen LogP contribution in [-0.4, -0.2) is 22.4 Å². The van der Waals surface area contributed by atoms with Gasteiger partial charge in [0, 0.05) is 18.4 Å². The summed E-state index contributed by atoms with van der Waals surface area (Å²) in [7, 11) is 0. The van der Waals surface area contributed by atoms with Crippen LogP contribution in [0.2, 0.25) is 0 Å². The maximum absolute atomic E-state index is 4.16. The van der Waals surface area contributed by atoms with Gasteiger partial charge in [-0.1, -0.05) is 0 Å². The molecule has 3 nitrogen and oxygen atoms in total. The molecule has 0 spiro atoms. The standard InChI is InChI=1S/C8H13N3/c1-3-8(9-4-1)7-11-6-2-5-10-11/h2,5-6,8-9H,1,3-4,7H2/t8-/m0/s1. The van der Waals surface area contributed by atoms with Gasteiger partial charge in [0.25, 0.3) is 0 Å². The minimum atomic E-state index is 0.648. The van der Waals surface area contributed by atoms with Gasteiger partial charge < -0.3 is 5.32 Å². The Balaban J connectivity index is 1.90. The molecule has 1 aliphatic heterocycles. The van der Waals surface area contributed by atoms with Crippen molar-refractivity contribution >= 4 is 0 Å². The van der Waals surface area contributed by atoms with Crippen LogP contribution in [0.5, 0.6) is 0 Å². The first-order valence-electron chi connectivity index (χ1n) is 4.16. The van der Waals surface area contributed by atoms with Crippen molar-refractivity contribution in [3.05, 3.63) is 18.5 Å². The van der Waals surface area contributed by atoms with Crippen LogP contribution in [0.4, 0.5) is 0 Å². The molecule has 11 heavy (non-hydrogen) atoms. The predicted octanol–water partition coefficient (Wildman–Crippen LogP) is 0.635. The molecule has 0 amide bonds. The van der Waals surface area contributed by atoms with Gasteiger partial charge in [-0.2, -0.15) is 5.10 Å². The van der Waals surface area contributed by atoms with Gasteiger partial charge in [-0.05, 0) is 25.5 Å². The zero-order chi connectivity index (χ0) is 7.52. The third kappa shape index (κ3) is 1.60. The van der Waals surface area contributed by atoms with E-state index in [2.05, 4.69) is 10.4 Å². The molecule has 2 rings (SSSR count). The summed E-state index contributed by atoms with van der Waals surface area (Å²) >= 11 is 0. The van der Waals surface area contributed by atoms with Crippen LogP contribution in [0.1, 0.15) is 12.8 Å². The Morgan fingerprint density at radius 2 is 2.64 bits per heavy atom. The number of hydrogen-bond donors (Lipinski definition) is 1. The van der Waals surface area contributed by atoms with Crippen LogP contribution in [0.25, 0.3) is 0 Å². The van der Waals surface area contributed by atoms with Crippen molar-refractivity contribution in [3.8, 4) is 0 Å². The Bertz CT molecular complexity index is 199. The van der Waals surface area contributed by atoms with Crippen molar-refractivity contribution < 1.29 is 0 Å². The second kappa shape index (κ2) is 3.05. The minimum Gasteiger partial charge on any atom is -0.312 e. The van der Waals surface area contributed by atoms with Crippen molar-refractivity contribution in [2.45, 2.75) is 25.4 Å². The van der Waals surface area contributed by atoms with Crippen LogP contribution < -0.4 is 5.32 Å². The molecule has 0 saturated carbocycles. The van der Waals surface area contributed by atoms with Crippen molar-refractivity contribution in [3.63, 3.8) is 0 Å². The summed E-state index contributed by atoms with van der Waals surface area (Å²) in [6.45, 7) is 2.19.